The van der Waals surface area contributed by atoms with Gasteiger partial charge in [0.1, 0.15) is 5.60 Å². The lowest BCUT2D eigenvalue weighted by Crippen LogP contribution is -2.41. The van der Waals surface area contributed by atoms with Crippen LogP contribution in [0, 0.1) is 0 Å². The van der Waals surface area contributed by atoms with Crippen molar-refractivity contribution in [2.24, 2.45) is 0 Å². The van der Waals surface area contributed by atoms with E-state index in [1.165, 1.54) is 0 Å². The predicted octanol–water partition coefficient (Wildman–Crippen LogP) is 4.90. The largest absolute Gasteiger partial charge is 0.444 e. The highest BCUT2D eigenvalue weighted by Crippen LogP contribution is 2.28. The summed E-state index contributed by atoms with van der Waals surface area (Å²) in [6.45, 7) is 8.51. The third-order valence-electron chi connectivity index (χ3n) is 4.64. The summed E-state index contributed by atoms with van der Waals surface area (Å²) < 4.78 is 7.59. The minimum absolute atomic E-state index is 0.00596. The number of ketones is 1. The Morgan fingerprint density at radius 3 is 2.69 bits per heavy atom. The van der Waals surface area contributed by atoms with Gasteiger partial charge in [0.2, 0.25) is 0 Å². The molecule has 0 saturated carbocycles. The zero-order valence-corrected chi connectivity index (χ0v) is 16.5. The van der Waals surface area contributed by atoms with Crippen molar-refractivity contribution < 1.29 is 14.3 Å². The number of rotatable bonds is 3. The Morgan fingerprint density at radius 2 is 2.04 bits per heavy atom. The fourth-order valence-corrected chi connectivity index (χ4v) is 3.69. The molecule has 1 saturated heterocycles. The predicted molar refractivity (Wildman–Crippen MR) is 103 cm³/mol. The monoisotopic (exact) mass is 376 g/mol. The maximum absolute atomic E-state index is 12.5. The number of Topliss-reactive ketones (excluding diaryl/α,β-unsaturated/α-hetero) is 1. The summed E-state index contributed by atoms with van der Waals surface area (Å²) in [6, 6.07) is 5.63. The summed E-state index contributed by atoms with van der Waals surface area (Å²) in [5.41, 5.74) is 1.10. The topological polar surface area (TPSA) is 51.5 Å². The Kier molecular flexibility index (Phi) is 5.02. The van der Waals surface area contributed by atoms with Gasteiger partial charge in [-0.15, -0.1) is 0 Å². The van der Waals surface area contributed by atoms with Crippen LogP contribution in [0.1, 0.15) is 50.9 Å². The number of nitrogens with zero attached hydrogens (tertiary/aromatic N) is 2. The molecular weight excluding hydrogens is 352 g/mol. The summed E-state index contributed by atoms with van der Waals surface area (Å²) in [6.07, 6.45) is 3.47. The molecule has 5 nitrogen and oxygen atoms in total. The minimum Gasteiger partial charge on any atom is -0.444 e. The number of halogens is 1. The Bertz CT molecular complexity index is 851. The zero-order valence-electron chi connectivity index (χ0n) is 15.7. The molecule has 1 fully saturated rings. The summed E-state index contributed by atoms with van der Waals surface area (Å²) in [4.78, 5) is 26.3. The van der Waals surface area contributed by atoms with Crippen LogP contribution in [0.5, 0.6) is 0 Å². The number of hydrogen-bond acceptors (Lipinski definition) is 3. The molecule has 0 aliphatic carbocycles. The third kappa shape index (κ3) is 3.88. The van der Waals surface area contributed by atoms with Gasteiger partial charge in [0.25, 0.3) is 0 Å². The molecule has 0 radical (unpaired) electrons. The zero-order chi connectivity index (χ0) is 19.1. The van der Waals surface area contributed by atoms with Gasteiger partial charge in [0.15, 0.2) is 5.78 Å². The van der Waals surface area contributed by atoms with Crippen molar-refractivity contribution >= 4 is 34.4 Å². The average molecular weight is 377 g/mol. The molecule has 2 heterocycles. The molecule has 0 unspecified atom stereocenters. The Morgan fingerprint density at radius 1 is 1.31 bits per heavy atom. The molecule has 2 aromatic rings. The SMILES string of the molecule is CC(=O)c1cn(C[C@@H]2CCCN2C(=O)OC(C)(C)C)c2ccc(Cl)cc12. The molecule has 26 heavy (non-hydrogen) atoms. The van der Waals surface area contributed by atoms with Crippen molar-refractivity contribution in [3.63, 3.8) is 0 Å². The van der Waals surface area contributed by atoms with E-state index in [-0.39, 0.29) is 17.9 Å². The number of benzene rings is 1. The number of carbonyl (C=O) groups excluding carboxylic acids is 2. The van der Waals surface area contributed by atoms with Crippen molar-refractivity contribution in [2.45, 2.75) is 58.7 Å². The van der Waals surface area contributed by atoms with E-state index in [0.29, 0.717) is 23.7 Å². The molecule has 3 rings (SSSR count). The second-order valence-electron chi connectivity index (χ2n) is 7.88. The van der Waals surface area contributed by atoms with E-state index in [9.17, 15) is 9.59 Å². The van der Waals surface area contributed by atoms with Crippen LogP contribution >= 0.6 is 11.6 Å². The van der Waals surface area contributed by atoms with Crippen LogP contribution in [0.15, 0.2) is 24.4 Å². The highest BCUT2D eigenvalue weighted by atomic mass is 35.5. The molecule has 1 aromatic carbocycles. The Hall–Kier alpha value is -2.01. The first-order chi connectivity index (χ1) is 12.2. The second kappa shape index (κ2) is 6.95. The second-order valence-corrected chi connectivity index (χ2v) is 8.32. The molecule has 6 heteroatoms. The van der Waals surface area contributed by atoms with Gasteiger partial charge < -0.3 is 14.2 Å². The van der Waals surface area contributed by atoms with Crippen molar-refractivity contribution in [1.82, 2.24) is 9.47 Å². The van der Waals surface area contributed by atoms with Crippen LogP contribution in [-0.2, 0) is 11.3 Å². The van der Waals surface area contributed by atoms with Gasteiger partial charge in [0, 0.05) is 40.8 Å². The number of amides is 1. The van der Waals surface area contributed by atoms with Crippen LogP contribution in [0.25, 0.3) is 10.9 Å². The normalized spacial score (nSPS) is 17.7. The Labute approximate surface area is 158 Å². The van der Waals surface area contributed by atoms with Gasteiger partial charge in [0.05, 0.1) is 6.04 Å². The van der Waals surface area contributed by atoms with Crippen LogP contribution in [-0.4, -0.2) is 39.5 Å². The molecular formula is C20H25ClN2O3. The number of likely N-dealkylation sites (tertiary alicyclic amines) is 1. The van der Waals surface area contributed by atoms with Crippen LogP contribution in [0.3, 0.4) is 0 Å². The lowest BCUT2D eigenvalue weighted by molar-refractivity contribution is 0.0215. The average Bonchev–Trinajstić information content (AvgIpc) is 3.10. The molecule has 1 aliphatic rings. The van der Waals surface area contributed by atoms with Crippen molar-refractivity contribution in [3.05, 3.63) is 35.0 Å². The highest BCUT2D eigenvalue weighted by Gasteiger charge is 2.32. The van der Waals surface area contributed by atoms with Crippen molar-refractivity contribution in [1.29, 1.82) is 0 Å². The lowest BCUT2D eigenvalue weighted by atomic mass is 10.1. The van der Waals surface area contributed by atoms with E-state index < -0.39 is 5.60 Å². The first-order valence-corrected chi connectivity index (χ1v) is 9.32. The number of aromatic nitrogens is 1. The number of ether oxygens (including phenoxy) is 1. The quantitative estimate of drug-likeness (QED) is 0.716. The van der Waals surface area contributed by atoms with Gasteiger partial charge in [-0.05, 0) is 58.7 Å². The van der Waals surface area contributed by atoms with E-state index >= 15 is 0 Å². The maximum atomic E-state index is 12.5. The molecule has 1 aliphatic heterocycles. The van der Waals surface area contributed by atoms with E-state index in [2.05, 4.69) is 4.57 Å². The van der Waals surface area contributed by atoms with E-state index in [0.717, 1.165) is 23.7 Å². The van der Waals surface area contributed by atoms with Crippen LogP contribution < -0.4 is 0 Å². The van der Waals surface area contributed by atoms with E-state index in [1.807, 2.05) is 45.2 Å². The Balaban J connectivity index is 1.88. The van der Waals surface area contributed by atoms with Crippen LogP contribution in [0.4, 0.5) is 4.79 Å². The van der Waals surface area contributed by atoms with Crippen molar-refractivity contribution in [3.8, 4) is 0 Å². The molecule has 1 amide bonds. The molecule has 0 N–H and O–H groups in total. The third-order valence-corrected chi connectivity index (χ3v) is 4.87. The molecule has 0 bridgehead atoms. The minimum atomic E-state index is -0.511. The van der Waals surface area contributed by atoms with Gasteiger partial charge in [-0.2, -0.15) is 0 Å². The summed E-state index contributed by atoms with van der Waals surface area (Å²) >= 11 is 6.11. The van der Waals surface area contributed by atoms with Gasteiger partial charge in [-0.1, -0.05) is 11.6 Å². The highest BCUT2D eigenvalue weighted by molar-refractivity contribution is 6.31. The summed E-state index contributed by atoms with van der Waals surface area (Å²) in [5.74, 6) is 0.00596. The number of fused-ring (bicyclic) bond motifs is 1. The standard InChI is InChI=1S/C20H25ClN2O3/c1-13(24)17-12-22(18-8-7-14(21)10-16(17)18)11-15-6-5-9-23(15)19(25)26-20(2,3)4/h7-8,10,12,15H,5-6,9,11H2,1-4H3/t15-/m0/s1. The summed E-state index contributed by atoms with van der Waals surface area (Å²) in [7, 11) is 0. The fraction of sp³-hybridized carbons (Fsp3) is 0.500. The smallest absolute Gasteiger partial charge is 0.410 e. The van der Waals surface area contributed by atoms with Crippen molar-refractivity contribution in [2.75, 3.05) is 6.54 Å². The van der Waals surface area contributed by atoms with Gasteiger partial charge in [-0.25, -0.2) is 4.79 Å². The first-order valence-electron chi connectivity index (χ1n) is 8.94. The fourth-order valence-electron chi connectivity index (χ4n) is 3.51. The van der Waals surface area contributed by atoms with E-state index in [4.69, 9.17) is 16.3 Å². The number of carbonyl (C=O) groups is 2. The molecule has 0 spiro atoms. The lowest BCUT2D eigenvalue weighted by Gasteiger charge is -2.29. The molecule has 1 atom stereocenters. The maximum Gasteiger partial charge on any atom is 0.410 e. The van der Waals surface area contributed by atoms with Gasteiger partial charge in [-0.3, -0.25) is 4.79 Å². The van der Waals surface area contributed by atoms with Crippen LogP contribution in [0.2, 0.25) is 5.02 Å². The van der Waals surface area contributed by atoms with Gasteiger partial charge >= 0.3 is 6.09 Å². The summed E-state index contributed by atoms with van der Waals surface area (Å²) in [5, 5.41) is 1.46. The molecule has 1 aromatic heterocycles. The molecule has 140 valence electrons. The number of hydrogen-bond donors (Lipinski definition) is 0. The first kappa shape index (κ1) is 18.8. The van der Waals surface area contributed by atoms with E-state index in [1.54, 1.807) is 11.8 Å².